The molecule has 1 N–H and O–H groups in total. The van der Waals surface area contributed by atoms with Gasteiger partial charge < -0.3 is 19.1 Å². The van der Waals surface area contributed by atoms with E-state index in [1.54, 1.807) is 6.07 Å². The maximum atomic E-state index is 14.1. The number of amides is 1. The number of rotatable bonds is 3. The molecular weight excluding hydrogens is 708 g/mol. The van der Waals surface area contributed by atoms with E-state index in [0.717, 1.165) is 108 Å². The molecule has 1 unspecified atom stereocenters. The fourth-order valence-electron chi connectivity index (χ4n) is 10.2. The summed E-state index contributed by atoms with van der Waals surface area (Å²) in [5, 5.41) is 0.431. The van der Waals surface area contributed by atoms with E-state index < -0.39 is 15.3 Å². The summed E-state index contributed by atoms with van der Waals surface area (Å²) in [6.45, 7) is 12.6. The van der Waals surface area contributed by atoms with Crippen LogP contribution < -0.4 is 14.4 Å². The molecule has 2 aliphatic carbocycles. The van der Waals surface area contributed by atoms with Gasteiger partial charge in [0.05, 0.1) is 35.2 Å². The average Bonchev–Trinajstić information content (AvgIpc) is 3.28. The SMILES string of the molecule is C=S1(=O)NC(=O)c2ccc3c(c2)N(C[C@@H]2CC[C@H]2[C@@](CN2CCN4CCOC[C@H]4C2)(OC)/C=C/C[C@H](C)[C@H]1C)C[C@@]1(CCCc2cc(Cl)ccc21)CO3. The molecule has 4 heterocycles. The standard InChI is InChI=1S/C42H57ClN4O5S/c1-29-7-5-16-42(50-3,27-45-17-18-46-19-20-51-25-35(46)24-45)37-12-9-33(37)23-47-26-41(15-6-8-31-21-34(43)11-13-36(31)41)28-52-39-14-10-32(22-38(39)47)40(48)44-53(4,49)30(29)2/h5,10-11,13-14,16,21-22,29-30,33,35,37H,4,6-9,12,15,17-20,23-28H2,1-3H3,(H,44,48,49)/b16-5+/t29-,30+,33-,35+,37+,41-,42+,53?/m0/s1. The highest BCUT2D eigenvalue weighted by Crippen LogP contribution is 2.49. The number of fused-ring (bicyclic) bond motifs is 5. The topological polar surface area (TPSA) is 83.6 Å². The molecule has 2 saturated heterocycles. The number of hydrogen-bond acceptors (Lipinski definition) is 8. The van der Waals surface area contributed by atoms with Gasteiger partial charge in [-0.05, 0) is 111 Å². The summed E-state index contributed by atoms with van der Waals surface area (Å²) in [5.74, 6) is 5.19. The highest BCUT2D eigenvalue weighted by molar-refractivity contribution is 7.99. The Balaban J connectivity index is 1.19. The highest BCUT2D eigenvalue weighted by Gasteiger charge is 2.50. The van der Waals surface area contributed by atoms with Crippen molar-refractivity contribution in [1.29, 1.82) is 0 Å². The number of ether oxygens (including phenoxy) is 3. The van der Waals surface area contributed by atoms with Crippen LogP contribution in [0.25, 0.3) is 0 Å². The van der Waals surface area contributed by atoms with Gasteiger partial charge in [0.25, 0.3) is 5.91 Å². The first-order chi connectivity index (χ1) is 25.5. The summed E-state index contributed by atoms with van der Waals surface area (Å²) in [6, 6.07) is 12.4. The summed E-state index contributed by atoms with van der Waals surface area (Å²) in [4.78, 5) is 21.5. The summed E-state index contributed by atoms with van der Waals surface area (Å²) in [7, 11) is -1.07. The van der Waals surface area contributed by atoms with Crippen LogP contribution in [0.2, 0.25) is 5.02 Å². The Bertz CT molecular complexity index is 1840. The molecule has 11 heteroatoms. The van der Waals surface area contributed by atoms with E-state index in [1.165, 1.54) is 11.1 Å². The smallest absolute Gasteiger partial charge is 0.262 e. The number of methoxy groups -OCH3 is 1. The van der Waals surface area contributed by atoms with Gasteiger partial charge in [0.2, 0.25) is 0 Å². The van der Waals surface area contributed by atoms with Gasteiger partial charge >= 0.3 is 0 Å². The number of carbonyl (C=O) groups excluding carboxylic acids is 1. The van der Waals surface area contributed by atoms with Crippen molar-refractivity contribution < 1.29 is 23.2 Å². The van der Waals surface area contributed by atoms with Crippen LogP contribution >= 0.6 is 11.6 Å². The van der Waals surface area contributed by atoms with Crippen LogP contribution in [0.1, 0.15) is 67.4 Å². The summed E-state index contributed by atoms with van der Waals surface area (Å²) < 4.78 is 36.4. The van der Waals surface area contributed by atoms with Crippen LogP contribution in [-0.4, -0.2) is 115 Å². The number of aryl methyl sites for hydroxylation is 1. The zero-order chi connectivity index (χ0) is 37.0. The van der Waals surface area contributed by atoms with Gasteiger partial charge in [0.15, 0.2) is 0 Å². The molecule has 0 aromatic heterocycles. The van der Waals surface area contributed by atoms with E-state index >= 15 is 0 Å². The second-order valence-corrected chi connectivity index (χ2v) is 19.7. The monoisotopic (exact) mass is 764 g/mol. The van der Waals surface area contributed by atoms with Gasteiger partial charge in [-0.1, -0.05) is 36.7 Å². The van der Waals surface area contributed by atoms with Crippen molar-refractivity contribution in [2.24, 2.45) is 17.8 Å². The average molecular weight is 765 g/mol. The van der Waals surface area contributed by atoms with Gasteiger partial charge in [-0.3, -0.25) is 19.3 Å². The van der Waals surface area contributed by atoms with Crippen LogP contribution in [0.15, 0.2) is 48.6 Å². The number of halogens is 1. The molecule has 288 valence electrons. The number of carbonyl (C=O) groups is 1. The molecule has 1 amide bonds. The Morgan fingerprint density at radius 3 is 2.79 bits per heavy atom. The second-order valence-electron chi connectivity index (χ2n) is 16.9. The summed E-state index contributed by atoms with van der Waals surface area (Å²) in [5.41, 5.74) is 3.28. The number of piperazine rings is 1. The predicted octanol–water partition coefficient (Wildman–Crippen LogP) is 5.59. The fraction of sp³-hybridized carbons (Fsp3) is 0.619. The quantitative estimate of drug-likeness (QED) is 0.321. The van der Waals surface area contributed by atoms with E-state index in [1.807, 2.05) is 32.2 Å². The van der Waals surface area contributed by atoms with Crippen LogP contribution in [0.4, 0.5) is 5.69 Å². The van der Waals surface area contributed by atoms with Crippen molar-refractivity contribution in [1.82, 2.24) is 14.5 Å². The molecule has 3 fully saturated rings. The van der Waals surface area contributed by atoms with Gasteiger partial charge in [-0.15, -0.1) is 0 Å². The molecule has 2 aromatic carbocycles. The number of anilines is 1. The fourth-order valence-corrected chi connectivity index (χ4v) is 11.9. The highest BCUT2D eigenvalue weighted by atomic mass is 35.5. The molecule has 53 heavy (non-hydrogen) atoms. The van der Waals surface area contributed by atoms with Crippen molar-refractivity contribution in [2.45, 2.75) is 74.7 Å². The first kappa shape index (κ1) is 37.3. The maximum Gasteiger partial charge on any atom is 0.262 e. The minimum atomic E-state index is -2.96. The van der Waals surface area contributed by atoms with Crippen molar-refractivity contribution in [3.8, 4) is 5.75 Å². The van der Waals surface area contributed by atoms with E-state index in [9.17, 15) is 9.00 Å². The first-order valence-corrected chi connectivity index (χ1v) is 21.9. The van der Waals surface area contributed by atoms with Crippen LogP contribution in [0.3, 0.4) is 0 Å². The molecule has 1 saturated carbocycles. The Morgan fingerprint density at radius 2 is 1.98 bits per heavy atom. The summed E-state index contributed by atoms with van der Waals surface area (Å²) in [6.07, 6.45) is 10.6. The molecule has 2 bridgehead atoms. The van der Waals surface area contributed by atoms with E-state index in [-0.39, 0.29) is 22.5 Å². The molecule has 9 nitrogen and oxygen atoms in total. The van der Waals surface area contributed by atoms with E-state index in [4.69, 9.17) is 25.8 Å². The summed E-state index contributed by atoms with van der Waals surface area (Å²) >= 11 is 6.53. The minimum Gasteiger partial charge on any atom is -0.490 e. The molecular formula is C42H57ClN4O5S. The number of hydrogen-bond donors (Lipinski definition) is 1. The maximum absolute atomic E-state index is 14.1. The second kappa shape index (κ2) is 14.8. The van der Waals surface area contributed by atoms with Gasteiger partial charge in [-0.2, -0.15) is 0 Å². The normalized spacial score (nSPS) is 37.2. The first-order valence-electron chi connectivity index (χ1n) is 19.7. The van der Waals surface area contributed by atoms with Gasteiger partial charge in [0.1, 0.15) is 11.4 Å². The van der Waals surface area contributed by atoms with Gasteiger partial charge in [0, 0.05) is 80.2 Å². The van der Waals surface area contributed by atoms with Crippen LogP contribution in [0.5, 0.6) is 5.75 Å². The lowest BCUT2D eigenvalue weighted by Gasteiger charge is -2.53. The number of morpholine rings is 1. The lowest BCUT2D eigenvalue weighted by atomic mass is 9.63. The molecule has 4 aliphatic heterocycles. The van der Waals surface area contributed by atoms with E-state index in [2.05, 4.69) is 56.5 Å². The number of allylic oxidation sites excluding steroid dienone is 1. The minimum absolute atomic E-state index is 0.0273. The zero-order valence-electron chi connectivity index (χ0n) is 31.7. The molecule has 2 aromatic rings. The van der Waals surface area contributed by atoms with Crippen LogP contribution in [0, 0.1) is 17.8 Å². The van der Waals surface area contributed by atoms with Crippen molar-refractivity contribution in [3.63, 3.8) is 0 Å². The predicted molar refractivity (Wildman–Crippen MR) is 214 cm³/mol. The van der Waals surface area contributed by atoms with Crippen molar-refractivity contribution in [3.05, 3.63) is 70.3 Å². The van der Waals surface area contributed by atoms with E-state index in [0.29, 0.717) is 36.5 Å². The molecule has 6 aliphatic rings. The van der Waals surface area contributed by atoms with Crippen molar-refractivity contribution in [2.75, 3.05) is 77.6 Å². The lowest BCUT2D eigenvalue weighted by molar-refractivity contribution is -0.108. The Kier molecular flexibility index (Phi) is 10.4. The largest absolute Gasteiger partial charge is 0.490 e. The van der Waals surface area contributed by atoms with Gasteiger partial charge in [-0.25, -0.2) is 4.21 Å². The van der Waals surface area contributed by atoms with Crippen LogP contribution in [-0.2, 0) is 31.0 Å². The van der Waals surface area contributed by atoms with Crippen molar-refractivity contribution >= 4 is 38.8 Å². The number of nitrogens with one attached hydrogen (secondary N) is 1. The third kappa shape index (κ3) is 7.17. The molecule has 0 radical (unpaired) electrons. The zero-order valence-corrected chi connectivity index (χ0v) is 33.3. The third-order valence-corrected chi connectivity index (χ3v) is 16.2. The Hall–Kier alpha value is -2.60. The third-order valence-electron chi connectivity index (χ3n) is 13.7. The number of benzene rings is 2. The Labute approximate surface area is 321 Å². The molecule has 8 atom stereocenters. The molecule has 8 rings (SSSR count). The number of nitrogens with zero attached hydrogens (tertiary/aromatic N) is 3. The lowest BCUT2D eigenvalue weighted by Crippen LogP contribution is -2.62. The molecule has 1 spiro atoms. The Morgan fingerprint density at radius 1 is 1.11 bits per heavy atom.